The molecule has 3 aliphatic rings. The second-order valence-corrected chi connectivity index (χ2v) is 6.00. The maximum atomic E-state index is 12.8. The minimum atomic E-state index is -0.543. The minimum Gasteiger partial charge on any atom is -0.340 e. The van der Waals surface area contributed by atoms with Crippen LogP contribution >= 0.6 is 0 Å². The Bertz CT molecular complexity index is 370. The smallest absolute Gasteiger partial charge is 0.249 e. The van der Waals surface area contributed by atoms with Crippen LogP contribution in [0.2, 0.25) is 0 Å². The van der Waals surface area contributed by atoms with Crippen molar-refractivity contribution in [1.29, 1.82) is 0 Å². The van der Waals surface area contributed by atoms with Gasteiger partial charge >= 0.3 is 0 Å². The fraction of sp³-hybridized carbons (Fsp3) is 0.857. The van der Waals surface area contributed by atoms with Gasteiger partial charge in [0, 0.05) is 6.04 Å². The lowest BCUT2D eigenvalue weighted by Gasteiger charge is -2.50. The summed E-state index contributed by atoms with van der Waals surface area (Å²) in [6.45, 7) is 2.00. The molecule has 1 unspecified atom stereocenters. The molecule has 0 aromatic carbocycles. The Morgan fingerprint density at radius 2 is 1.89 bits per heavy atom. The molecule has 3 rings (SSSR count). The highest BCUT2D eigenvalue weighted by Gasteiger charge is 2.53. The van der Waals surface area contributed by atoms with Crippen molar-refractivity contribution in [2.75, 3.05) is 0 Å². The van der Waals surface area contributed by atoms with Gasteiger partial charge in [0.2, 0.25) is 11.8 Å². The van der Waals surface area contributed by atoms with E-state index in [9.17, 15) is 9.59 Å². The Labute approximate surface area is 108 Å². The highest BCUT2D eigenvalue weighted by atomic mass is 16.2. The van der Waals surface area contributed by atoms with Gasteiger partial charge in [0.05, 0.1) is 0 Å². The Balaban J connectivity index is 1.90. The summed E-state index contributed by atoms with van der Waals surface area (Å²) >= 11 is 0. The van der Waals surface area contributed by atoms with Crippen molar-refractivity contribution >= 4 is 11.8 Å². The number of carbonyl (C=O) groups is 2. The van der Waals surface area contributed by atoms with E-state index in [4.69, 9.17) is 0 Å². The molecule has 0 bridgehead atoms. The van der Waals surface area contributed by atoms with Crippen LogP contribution in [0.4, 0.5) is 0 Å². The Morgan fingerprint density at radius 1 is 1.22 bits per heavy atom. The standard InChI is InChI=1S/C14H22N2O2/c1-2-11-12(17)15-14(8-3-4-9-14)13(18)16(11)10-6-5-7-10/h10-11H,2-9H2,1H3,(H,15,17). The first-order valence-electron chi connectivity index (χ1n) is 7.33. The summed E-state index contributed by atoms with van der Waals surface area (Å²) < 4.78 is 0. The van der Waals surface area contributed by atoms with Crippen molar-refractivity contribution in [2.24, 2.45) is 0 Å². The van der Waals surface area contributed by atoms with Gasteiger partial charge in [-0.05, 0) is 38.5 Å². The van der Waals surface area contributed by atoms with E-state index in [0.717, 1.165) is 44.9 Å². The molecule has 1 aliphatic heterocycles. The summed E-state index contributed by atoms with van der Waals surface area (Å²) in [7, 11) is 0. The molecule has 100 valence electrons. The quantitative estimate of drug-likeness (QED) is 0.809. The van der Waals surface area contributed by atoms with Gasteiger partial charge in [-0.25, -0.2) is 0 Å². The molecule has 0 radical (unpaired) electrons. The second-order valence-electron chi connectivity index (χ2n) is 6.00. The van der Waals surface area contributed by atoms with Crippen LogP contribution in [0.25, 0.3) is 0 Å². The highest BCUT2D eigenvalue weighted by Crippen LogP contribution is 2.38. The number of hydrogen-bond donors (Lipinski definition) is 1. The molecule has 1 saturated heterocycles. The molecular formula is C14H22N2O2. The number of nitrogens with zero attached hydrogens (tertiary/aromatic N) is 1. The third kappa shape index (κ3) is 1.57. The largest absolute Gasteiger partial charge is 0.340 e. The van der Waals surface area contributed by atoms with Gasteiger partial charge in [-0.1, -0.05) is 19.8 Å². The van der Waals surface area contributed by atoms with Crippen LogP contribution < -0.4 is 5.32 Å². The van der Waals surface area contributed by atoms with Gasteiger partial charge in [-0.3, -0.25) is 9.59 Å². The monoisotopic (exact) mass is 250 g/mol. The maximum Gasteiger partial charge on any atom is 0.249 e. The zero-order valence-electron chi connectivity index (χ0n) is 11.1. The van der Waals surface area contributed by atoms with Crippen LogP contribution in [0.15, 0.2) is 0 Å². The SMILES string of the molecule is CCC1C(=O)NC2(CCCC2)C(=O)N1C1CCC1. The zero-order valence-corrected chi connectivity index (χ0v) is 11.1. The number of amides is 2. The summed E-state index contributed by atoms with van der Waals surface area (Å²) in [5.41, 5.74) is -0.543. The molecule has 4 heteroatoms. The lowest BCUT2D eigenvalue weighted by molar-refractivity contribution is -0.160. The first-order valence-corrected chi connectivity index (χ1v) is 7.33. The first-order chi connectivity index (χ1) is 8.68. The Hall–Kier alpha value is -1.06. The average Bonchev–Trinajstić information content (AvgIpc) is 2.73. The summed E-state index contributed by atoms with van der Waals surface area (Å²) in [5, 5.41) is 3.05. The van der Waals surface area contributed by atoms with Gasteiger partial charge < -0.3 is 10.2 Å². The van der Waals surface area contributed by atoms with E-state index in [0.29, 0.717) is 6.04 Å². The highest BCUT2D eigenvalue weighted by molar-refractivity contribution is 6.00. The van der Waals surface area contributed by atoms with E-state index < -0.39 is 5.54 Å². The summed E-state index contributed by atoms with van der Waals surface area (Å²) in [5.74, 6) is 0.280. The fourth-order valence-electron chi connectivity index (χ4n) is 3.67. The fourth-order valence-corrected chi connectivity index (χ4v) is 3.67. The van der Waals surface area contributed by atoms with Crippen molar-refractivity contribution < 1.29 is 9.59 Å². The molecule has 2 saturated carbocycles. The maximum absolute atomic E-state index is 12.8. The average molecular weight is 250 g/mol. The number of rotatable bonds is 2. The van der Waals surface area contributed by atoms with Crippen LogP contribution in [-0.2, 0) is 9.59 Å². The third-order valence-electron chi connectivity index (χ3n) is 4.96. The number of carbonyl (C=O) groups excluding carboxylic acids is 2. The van der Waals surface area contributed by atoms with Crippen LogP contribution in [0, 0.1) is 0 Å². The molecule has 1 spiro atoms. The van der Waals surface area contributed by atoms with Crippen molar-refractivity contribution in [3.63, 3.8) is 0 Å². The van der Waals surface area contributed by atoms with E-state index in [1.165, 1.54) is 6.42 Å². The van der Waals surface area contributed by atoms with E-state index >= 15 is 0 Å². The van der Waals surface area contributed by atoms with E-state index in [1.807, 2.05) is 11.8 Å². The summed E-state index contributed by atoms with van der Waals surface area (Å²) in [6, 6.07) is 0.0972. The van der Waals surface area contributed by atoms with Gasteiger partial charge in [0.15, 0.2) is 0 Å². The molecule has 1 atom stereocenters. The van der Waals surface area contributed by atoms with Crippen LogP contribution in [-0.4, -0.2) is 34.3 Å². The molecule has 18 heavy (non-hydrogen) atoms. The molecule has 2 amide bonds. The molecule has 1 heterocycles. The van der Waals surface area contributed by atoms with Crippen molar-refractivity contribution in [3.05, 3.63) is 0 Å². The van der Waals surface area contributed by atoms with E-state index in [2.05, 4.69) is 5.32 Å². The third-order valence-corrected chi connectivity index (χ3v) is 4.96. The van der Waals surface area contributed by atoms with Gasteiger partial charge in [0.25, 0.3) is 0 Å². The molecule has 0 aromatic heterocycles. The predicted molar refractivity (Wildman–Crippen MR) is 67.9 cm³/mol. The van der Waals surface area contributed by atoms with Crippen LogP contribution in [0.3, 0.4) is 0 Å². The zero-order chi connectivity index (χ0) is 12.8. The normalized spacial score (nSPS) is 31.6. The molecule has 2 aliphatic carbocycles. The molecule has 0 aromatic rings. The molecular weight excluding hydrogens is 228 g/mol. The lowest BCUT2D eigenvalue weighted by atomic mass is 9.83. The molecule has 1 N–H and O–H groups in total. The minimum absolute atomic E-state index is 0.0749. The van der Waals surface area contributed by atoms with E-state index in [1.54, 1.807) is 0 Å². The van der Waals surface area contributed by atoms with Crippen molar-refractivity contribution in [3.8, 4) is 0 Å². The molecule has 3 fully saturated rings. The number of hydrogen-bond acceptors (Lipinski definition) is 2. The van der Waals surface area contributed by atoms with Crippen molar-refractivity contribution in [1.82, 2.24) is 10.2 Å². The lowest BCUT2D eigenvalue weighted by Crippen LogP contribution is -2.71. The van der Waals surface area contributed by atoms with Gasteiger partial charge in [-0.2, -0.15) is 0 Å². The van der Waals surface area contributed by atoms with Crippen LogP contribution in [0.5, 0.6) is 0 Å². The van der Waals surface area contributed by atoms with Gasteiger partial charge in [-0.15, -0.1) is 0 Å². The van der Waals surface area contributed by atoms with Crippen molar-refractivity contribution in [2.45, 2.75) is 75.9 Å². The first kappa shape index (κ1) is 12.0. The molecule has 4 nitrogen and oxygen atoms in total. The number of nitrogens with one attached hydrogen (secondary N) is 1. The van der Waals surface area contributed by atoms with E-state index in [-0.39, 0.29) is 17.9 Å². The van der Waals surface area contributed by atoms with Gasteiger partial charge in [0.1, 0.15) is 11.6 Å². The Kier molecular flexibility index (Phi) is 2.83. The Morgan fingerprint density at radius 3 is 2.39 bits per heavy atom. The second kappa shape index (κ2) is 4.25. The number of piperazine rings is 1. The topological polar surface area (TPSA) is 49.4 Å². The predicted octanol–water partition coefficient (Wildman–Crippen LogP) is 1.59. The van der Waals surface area contributed by atoms with Crippen LogP contribution in [0.1, 0.15) is 58.3 Å². The summed E-state index contributed by atoms with van der Waals surface area (Å²) in [4.78, 5) is 27.0. The summed E-state index contributed by atoms with van der Waals surface area (Å²) in [6.07, 6.45) is 7.85.